The summed E-state index contributed by atoms with van der Waals surface area (Å²) in [4.78, 5) is 14.2. The lowest BCUT2D eigenvalue weighted by molar-refractivity contribution is 0.0696. The van der Waals surface area contributed by atoms with E-state index in [0.717, 1.165) is 6.20 Å². The molecule has 0 amide bonds. The Bertz CT molecular complexity index is 477. The number of hydrogen-bond acceptors (Lipinski definition) is 4. The van der Waals surface area contributed by atoms with E-state index in [1.54, 1.807) is 6.07 Å². The third-order valence-corrected chi connectivity index (χ3v) is 1.42. The first-order chi connectivity index (χ1) is 6.65. The molecule has 1 heterocycles. The van der Waals surface area contributed by atoms with Crippen molar-refractivity contribution < 1.29 is 9.90 Å². The summed E-state index contributed by atoms with van der Waals surface area (Å²) in [6.45, 7) is 0. The van der Waals surface area contributed by atoms with Crippen LogP contribution in [0.15, 0.2) is 12.3 Å². The summed E-state index contributed by atoms with van der Waals surface area (Å²) in [5.41, 5.74) is 5.64. The molecule has 0 saturated heterocycles. The van der Waals surface area contributed by atoms with Gasteiger partial charge in [-0.05, 0) is 12.0 Å². The van der Waals surface area contributed by atoms with E-state index in [4.69, 9.17) is 16.1 Å². The Balaban J connectivity index is 3.23. The van der Waals surface area contributed by atoms with Crippen molar-refractivity contribution in [1.82, 2.24) is 4.98 Å². The fourth-order valence-corrected chi connectivity index (χ4v) is 0.788. The van der Waals surface area contributed by atoms with Crippen LogP contribution >= 0.6 is 0 Å². The lowest BCUT2D eigenvalue weighted by Gasteiger charge is -1.98. The second-order valence-electron chi connectivity index (χ2n) is 2.32. The number of nitrogens with zero attached hydrogens (tertiary/aromatic N) is 2. The number of aromatic nitrogens is 1. The number of pyridine rings is 1. The Morgan fingerprint density at radius 1 is 1.64 bits per heavy atom. The molecular weight excluding hydrogens is 182 g/mol. The number of hydrogen-bond donors (Lipinski definition) is 2. The van der Waals surface area contributed by atoms with Gasteiger partial charge in [0.05, 0.1) is 11.1 Å². The average Bonchev–Trinajstić information content (AvgIpc) is 2.16. The van der Waals surface area contributed by atoms with Gasteiger partial charge in [-0.3, -0.25) is 0 Å². The van der Waals surface area contributed by atoms with E-state index < -0.39 is 5.97 Å². The fraction of sp³-hybridized carbons (Fsp3) is 0. The van der Waals surface area contributed by atoms with Crippen molar-refractivity contribution in [3.8, 4) is 17.9 Å². The highest BCUT2D eigenvalue weighted by Gasteiger charge is 2.05. The minimum absolute atomic E-state index is 0.0126. The average molecular weight is 187 g/mol. The van der Waals surface area contributed by atoms with Gasteiger partial charge in [-0.25, -0.2) is 9.78 Å². The number of carbonyl (C=O) groups is 1. The molecule has 14 heavy (non-hydrogen) atoms. The highest BCUT2D eigenvalue weighted by molar-refractivity contribution is 5.88. The van der Waals surface area contributed by atoms with Gasteiger partial charge in [0.25, 0.3) is 0 Å². The molecule has 1 aromatic rings. The highest BCUT2D eigenvalue weighted by Crippen LogP contribution is 2.09. The number of nitrogens with two attached hydrogens (primary N) is 1. The first kappa shape index (κ1) is 9.56. The number of nitrogen functional groups attached to an aromatic ring is 1. The number of anilines is 1. The molecular formula is C9H5N3O2. The van der Waals surface area contributed by atoms with E-state index in [9.17, 15) is 4.79 Å². The van der Waals surface area contributed by atoms with Gasteiger partial charge in [0, 0.05) is 12.1 Å². The van der Waals surface area contributed by atoms with Crippen LogP contribution in [0.25, 0.3) is 0 Å². The maximum Gasteiger partial charge on any atom is 0.337 e. The molecule has 0 spiro atoms. The van der Waals surface area contributed by atoms with Crippen molar-refractivity contribution in [2.75, 3.05) is 5.73 Å². The molecule has 0 aliphatic heterocycles. The Hall–Kier alpha value is -2.53. The molecule has 0 saturated carbocycles. The number of aromatic carboxylic acids is 1. The van der Waals surface area contributed by atoms with E-state index in [1.165, 1.54) is 6.07 Å². The van der Waals surface area contributed by atoms with Crippen molar-refractivity contribution >= 4 is 11.8 Å². The molecule has 0 aromatic carbocycles. The molecule has 0 radical (unpaired) electrons. The minimum atomic E-state index is -1.11. The van der Waals surface area contributed by atoms with Gasteiger partial charge in [-0.1, -0.05) is 0 Å². The lowest BCUT2D eigenvalue weighted by Crippen LogP contribution is -2.01. The van der Waals surface area contributed by atoms with Gasteiger partial charge in [-0.2, -0.15) is 5.26 Å². The summed E-state index contributed by atoms with van der Waals surface area (Å²) in [5.74, 6) is 3.51. The molecule has 1 rings (SSSR count). The maximum atomic E-state index is 10.5. The quantitative estimate of drug-likeness (QED) is 0.613. The van der Waals surface area contributed by atoms with Gasteiger partial charge < -0.3 is 10.8 Å². The van der Waals surface area contributed by atoms with Crippen molar-refractivity contribution in [2.45, 2.75) is 0 Å². The molecule has 0 aliphatic carbocycles. The number of nitriles is 1. The van der Waals surface area contributed by atoms with Crippen molar-refractivity contribution in [3.05, 3.63) is 23.4 Å². The van der Waals surface area contributed by atoms with Crippen LogP contribution in [0, 0.1) is 23.2 Å². The molecule has 5 heteroatoms. The van der Waals surface area contributed by atoms with E-state index in [1.807, 2.05) is 0 Å². The maximum absolute atomic E-state index is 10.5. The molecule has 0 atom stereocenters. The summed E-state index contributed by atoms with van der Waals surface area (Å²) in [6, 6.07) is 2.87. The van der Waals surface area contributed by atoms with Crippen molar-refractivity contribution in [3.63, 3.8) is 0 Å². The van der Waals surface area contributed by atoms with Crippen LogP contribution in [-0.2, 0) is 0 Å². The van der Waals surface area contributed by atoms with E-state index in [0.29, 0.717) is 0 Å². The first-order valence-corrected chi connectivity index (χ1v) is 3.54. The van der Waals surface area contributed by atoms with Crippen LogP contribution in [0.3, 0.4) is 0 Å². The number of rotatable bonds is 1. The zero-order chi connectivity index (χ0) is 10.6. The Morgan fingerprint density at radius 3 is 2.93 bits per heavy atom. The van der Waals surface area contributed by atoms with Crippen LogP contribution in [0.1, 0.15) is 15.9 Å². The van der Waals surface area contributed by atoms with E-state index in [2.05, 4.69) is 16.8 Å². The lowest BCUT2D eigenvalue weighted by atomic mass is 10.2. The first-order valence-electron chi connectivity index (χ1n) is 3.54. The zero-order valence-electron chi connectivity index (χ0n) is 6.98. The van der Waals surface area contributed by atoms with Crippen LogP contribution < -0.4 is 5.73 Å². The number of carboxylic acid groups (broad SMARTS) is 1. The molecule has 0 unspecified atom stereocenters. The second kappa shape index (κ2) is 3.92. The molecule has 5 nitrogen and oxygen atoms in total. The van der Waals surface area contributed by atoms with E-state index >= 15 is 0 Å². The normalized spacial score (nSPS) is 8.21. The third kappa shape index (κ3) is 1.99. The molecule has 1 aromatic heterocycles. The molecule has 0 aliphatic rings. The van der Waals surface area contributed by atoms with Crippen LogP contribution in [0.5, 0.6) is 0 Å². The SMILES string of the molecule is N#CC#Cc1cc(C(=O)O)cnc1N. The Labute approximate surface area is 79.8 Å². The predicted molar refractivity (Wildman–Crippen MR) is 48.1 cm³/mol. The van der Waals surface area contributed by atoms with Gasteiger partial charge >= 0.3 is 5.97 Å². The summed E-state index contributed by atoms with van der Waals surface area (Å²) in [7, 11) is 0. The Kier molecular flexibility index (Phi) is 2.68. The number of carboxylic acids is 1. The summed E-state index contributed by atoms with van der Waals surface area (Å²) in [5, 5.41) is 16.8. The summed E-state index contributed by atoms with van der Waals surface area (Å²) < 4.78 is 0. The predicted octanol–water partition coefficient (Wildman–Crippen LogP) is 0.237. The second-order valence-corrected chi connectivity index (χ2v) is 2.32. The van der Waals surface area contributed by atoms with E-state index in [-0.39, 0.29) is 16.9 Å². The summed E-state index contributed by atoms with van der Waals surface area (Å²) in [6.07, 6.45) is 1.13. The fourth-order valence-electron chi connectivity index (χ4n) is 0.788. The smallest absolute Gasteiger partial charge is 0.337 e. The van der Waals surface area contributed by atoms with Crippen molar-refractivity contribution in [2.24, 2.45) is 0 Å². The highest BCUT2D eigenvalue weighted by atomic mass is 16.4. The molecule has 3 N–H and O–H groups in total. The minimum Gasteiger partial charge on any atom is -0.478 e. The largest absolute Gasteiger partial charge is 0.478 e. The van der Waals surface area contributed by atoms with Crippen LogP contribution in [0.2, 0.25) is 0 Å². The van der Waals surface area contributed by atoms with Gasteiger partial charge in [0.15, 0.2) is 6.07 Å². The van der Waals surface area contributed by atoms with Crippen LogP contribution in [-0.4, -0.2) is 16.1 Å². The topological polar surface area (TPSA) is 100 Å². The van der Waals surface area contributed by atoms with Gasteiger partial charge in [0.1, 0.15) is 5.82 Å². The monoisotopic (exact) mass is 187 g/mol. The molecule has 0 bridgehead atoms. The Morgan fingerprint density at radius 2 is 2.36 bits per heavy atom. The molecule has 0 fully saturated rings. The third-order valence-electron chi connectivity index (χ3n) is 1.42. The van der Waals surface area contributed by atoms with Crippen molar-refractivity contribution in [1.29, 1.82) is 5.26 Å². The van der Waals surface area contributed by atoms with Gasteiger partial charge in [-0.15, -0.1) is 0 Å². The zero-order valence-corrected chi connectivity index (χ0v) is 6.98. The van der Waals surface area contributed by atoms with Gasteiger partial charge in [0.2, 0.25) is 0 Å². The molecule has 68 valence electrons. The standard InChI is InChI=1S/C9H5N3O2/c10-3-1-2-6-4-7(9(13)14)5-12-8(6)11/h4-5H,(H2,11,12)(H,13,14). The summed E-state index contributed by atoms with van der Waals surface area (Å²) >= 11 is 0. The van der Waals surface area contributed by atoms with Crippen LogP contribution in [0.4, 0.5) is 5.82 Å².